The number of nitrogens with one attached hydrogen (secondary N) is 2. The first-order valence-corrected chi connectivity index (χ1v) is 7.50. The minimum absolute atomic E-state index is 0.118. The average Bonchev–Trinajstić information content (AvgIpc) is 2.87. The summed E-state index contributed by atoms with van der Waals surface area (Å²) >= 11 is 0. The minimum Gasteiger partial charge on any atom is -0.467 e. The highest BCUT2D eigenvalue weighted by molar-refractivity contribution is 6.03. The van der Waals surface area contributed by atoms with Crippen LogP contribution in [-0.2, 0) is 9.53 Å². The number of esters is 1. The van der Waals surface area contributed by atoms with Crippen molar-refractivity contribution >= 4 is 17.7 Å². The highest BCUT2D eigenvalue weighted by Gasteiger charge is 2.26. The molecule has 0 saturated carbocycles. The molecule has 0 fully saturated rings. The van der Waals surface area contributed by atoms with Gasteiger partial charge < -0.3 is 15.0 Å². The van der Waals surface area contributed by atoms with Gasteiger partial charge in [0.1, 0.15) is 5.69 Å². The van der Waals surface area contributed by atoms with Crippen LogP contribution in [0.1, 0.15) is 50.6 Å². The Balaban J connectivity index is 2.34. The third-order valence-electron chi connectivity index (χ3n) is 3.86. The molecule has 1 aromatic carbocycles. The summed E-state index contributed by atoms with van der Waals surface area (Å²) in [4.78, 5) is 39.3. The molecule has 0 bridgehead atoms. The smallest absolute Gasteiger partial charge is 0.333 e. The number of H-pyrrole nitrogens is 1. The van der Waals surface area contributed by atoms with E-state index in [1.54, 1.807) is 38.1 Å². The predicted octanol–water partition coefficient (Wildman–Crippen LogP) is 2.48. The second-order valence-electron chi connectivity index (χ2n) is 5.52. The van der Waals surface area contributed by atoms with Gasteiger partial charge >= 0.3 is 5.97 Å². The van der Waals surface area contributed by atoms with Gasteiger partial charge in [-0.25, -0.2) is 4.79 Å². The molecule has 0 aliphatic heterocycles. The largest absolute Gasteiger partial charge is 0.467 e. The predicted molar refractivity (Wildman–Crippen MR) is 88.9 cm³/mol. The maximum absolute atomic E-state index is 12.6. The first-order valence-electron chi connectivity index (χ1n) is 7.50. The molecule has 0 radical (unpaired) electrons. The van der Waals surface area contributed by atoms with Crippen LogP contribution >= 0.6 is 0 Å². The van der Waals surface area contributed by atoms with E-state index in [9.17, 15) is 14.4 Å². The van der Waals surface area contributed by atoms with Crippen molar-refractivity contribution in [1.29, 1.82) is 0 Å². The van der Waals surface area contributed by atoms with Gasteiger partial charge in [0.05, 0.1) is 7.11 Å². The first kappa shape index (κ1) is 17.5. The Hall–Kier alpha value is -2.89. The van der Waals surface area contributed by atoms with Gasteiger partial charge in [-0.05, 0) is 31.9 Å². The van der Waals surface area contributed by atoms with E-state index in [4.69, 9.17) is 4.74 Å². The molecule has 0 aliphatic carbocycles. The quantitative estimate of drug-likeness (QED) is 0.652. The zero-order chi connectivity index (χ0) is 17.9. The SMILES string of the molecule is COC(=O)[C@@H](NC(=O)c1[nH]c(C)c(C(C)=O)c1C)c1ccccc1. The molecule has 6 nitrogen and oxygen atoms in total. The number of hydrogen-bond acceptors (Lipinski definition) is 4. The summed E-state index contributed by atoms with van der Waals surface area (Å²) < 4.78 is 4.78. The first-order chi connectivity index (χ1) is 11.4. The van der Waals surface area contributed by atoms with Crippen molar-refractivity contribution in [2.24, 2.45) is 0 Å². The number of aromatic amines is 1. The van der Waals surface area contributed by atoms with Crippen LogP contribution in [0.5, 0.6) is 0 Å². The Morgan fingerprint density at radius 1 is 1.12 bits per heavy atom. The summed E-state index contributed by atoms with van der Waals surface area (Å²) in [5.74, 6) is -1.16. The van der Waals surface area contributed by atoms with Crippen molar-refractivity contribution in [3.05, 3.63) is 58.4 Å². The second kappa shape index (κ2) is 7.12. The Kier molecular flexibility index (Phi) is 5.18. The van der Waals surface area contributed by atoms with Crippen molar-refractivity contribution in [3.8, 4) is 0 Å². The van der Waals surface area contributed by atoms with Crippen LogP contribution < -0.4 is 5.32 Å². The summed E-state index contributed by atoms with van der Waals surface area (Å²) in [6.07, 6.45) is 0. The maximum Gasteiger partial charge on any atom is 0.333 e. The van der Waals surface area contributed by atoms with E-state index in [2.05, 4.69) is 10.3 Å². The van der Waals surface area contributed by atoms with Gasteiger partial charge in [-0.15, -0.1) is 0 Å². The lowest BCUT2D eigenvalue weighted by atomic mass is 10.1. The molecule has 1 heterocycles. The minimum atomic E-state index is -0.924. The highest BCUT2D eigenvalue weighted by Crippen LogP contribution is 2.20. The third-order valence-corrected chi connectivity index (χ3v) is 3.86. The fourth-order valence-electron chi connectivity index (χ4n) is 2.75. The molecule has 2 aromatic rings. The van der Waals surface area contributed by atoms with Gasteiger partial charge in [0.25, 0.3) is 5.91 Å². The van der Waals surface area contributed by atoms with Crippen LogP contribution in [0.15, 0.2) is 30.3 Å². The number of ether oxygens (including phenoxy) is 1. The number of carbonyl (C=O) groups excluding carboxylic acids is 3. The summed E-state index contributed by atoms with van der Waals surface area (Å²) in [6, 6.07) is 7.90. The molecule has 24 heavy (non-hydrogen) atoms. The molecular weight excluding hydrogens is 308 g/mol. The van der Waals surface area contributed by atoms with E-state index in [1.807, 2.05) is 6.07 Å². The summed E-state index contributed by atoms with van der Waals surface area (Å²) in [5, 5.41) is 2.66. The Bertz CT molecular complexity index is 778. The number of aromatic nitrogens is 1. The lowest BCUT2D eigenvalue weighted by molar-refractivity contribution is -0.143. The summed E-state index contributed by atoms with van der Waals surface area (Å²) in [6.45, 7) is 4.88. The van der Waals surface area contributed by atoms with E-state index >= 15 is 0 Å². The molecule has 126 valence electrons. The molecule has 6 heteroatoms. The zero-order valence-electron chi connectivity index (χ0n) is 14.1. The average molecular weight is 328 g/mol. The Labute approximate surface area is 140 Å². The fraction of sp³-hybridized carbons (Fsp3) is 0.278. The molecule has 2 N–H and O–H groups in total. The molecule has 1 aromatic heterocycles. The normalized spacial score (nSPS) is 11.7. The highest BCUT2D eigenvalue weighted by atomic mass is 16.5. The van der Waals surface area contributed by atoms with Crippen LogP contribution in [0, 0.1) is 13.8 Å². The maximum atomic E-state index is 12.6. The molecule has 1 atom stereocenters. The van der Waals surface area contributed by atoms with Crippen molar-refractivity contribution in [2.45, 2.75) is 26.8 Å². The van der Waals surface area contributed by atoms with E-state index in [1.165, 1.54) is 14.0 Å². The van der Waals surface area contributed by atoms with Gasteiger partial charge in [0, 0.05) is 11.3 Å². The zero-order valence-corrected chi connectivity index (χ0v) is 14.1. The topological polar surface area (TPSA) is 88.3 Å². The molecule has 2 rings (SSSR count). The van der Waals surface area contributed by atoms with Gasteiger partial charge in [-0.1, -0.05) is 30.3 Å². The van der Waals surface area contributed by atoms with Crippen LogP contribution in [0.2, 0.25) is 0 Å². The Morgan fingerprint density at radius 3 is 2.25 bits per heavy atom. The van der Waals surface area contributed by atoms with Crippen LogP contribution in [0.25, 0.3) is 0 Å². The molecule has 0 saturated heterocycles. The number of hydrogen-bond donors (Lipinski definition) is 2. The molecular formula is C18H20N2O4. The third kappa shape index (κ3) is 3.37. The number of benzene rings is 1. The van der Waals surface area contributed by atoms with Crippen LogP contribution in [0.4, 0.5) is 0 Å². The molecule has 0 spiro atoms. The Morgan fingerprint density at radius 2 is 1.75 bits per heavy atom. The number of ketones is 1. The van der Waals surface area contributed by atoms with Gasteiger partial charge in [-0.3, -0.25) is 9.59 Å². The molecule has 1 amide bonds. The van der Waals surface area contributed by atoms with Crippen molar-refractivity contribution in [2.75, 3.05) is 7.11 Å². The molecule has 0 unspecified atom stereocenters. The van der Waals surface area contributed by atoms with E-state index < -0.39 is 17.9 Å². The number of aryl methyl sites for hydroxylation is 1. The standard InChI is InChI=1S/C18H20N2O4/c1-10-14(12(3)21)11(2)19-15(10)17(22)20-16(18(23)24-4)13-8-6-5-7-9-13/h5-9,16,19H,1-4H3,(H,20,22)/t16-/m0/s1. The number of Topliss-reactive ketones (excluding diaryl/α,β-unsaturated/α-hetero) is 1. The molecule has 0 aliphatic rings. The second-order valence-corrected chi connectivity index (χ2v) is 5.52. The summed E-state index contributed by atoms with van der Waals surface area (Å²) in [7, 11) is 1.27. The van der Waals surface area contributed by atoms with Crippen LogP contribution in [-0.4, -0.2) is 29.8 Å². The number of carbonyl (C=O) groups is 3. The van der Waals surface area contributed by atoms with Crippen molar-refractivity contribution in [3.63, 3.8) is 0 Å². The number of methoxy groups -OCH3 is 1. The van der Waals surface area contributed by atoms with Gasteiger partial charge in [0.2, 0.25) is 0 Å². The number of rotatable bonds is 5. The van der Waals surface area contributed by atoms with Crippen LogP contribution in [0.3, 0.4) is 0 Å². The van der Waals surface area contributed by atoms with E-state index in [0.29, 0.717) is 22.4 Å². The van der Waals surface area contributed by atoms with E-state index in [0.717, 1.165) is 0 Å². The van der Waals surface area contributed by atoms with Crippen molar-refractivity contribution < 1.29 is 19.1 Å². The monoisotopic (exact) mass is 328 g/mol. The van der Waals surface area contributed by atoms with E-state index in [-0.39, 0.29) is 11.5 Å². The fourth-order valence-corrected chi connectivity index (χ4v) is 2.75. The lowest BCUT2D eigenvalue weighted by Crippen LogP contribution is -2.35. The summed E-state index contributed by atoms with van der Waals surface area (Å²) in [5.41, 5.74) is 2.57. The van der Waals surface area contributed by atoms with Crippen molar-refractivity contribution in [1.82, 2.24) is 10.3 Å². The number of amides is 1. The van der Waals surface area contributed by atoms with Gasteiger partial charge in [0.15, 0.2) is 11.8 Å². The van der Waals surface area contributed by atoms with Gasteiger partial charge in [-0.2, -0.15) is 0 Å². The lowest BCUT2D eigenvalue weighted by Gasteiger charge is -2.16.